The van der Waals surface area contributed by atoms with E-state index in [9.17, 15) is 0 Å². The molecule has 4 heterocycles. The van der Waals surface area contributed by atoms with Crippen molar-refractivity contribution in [2.24, 2.45) is 0 Å². The minimum atomic E-state index is -0.143. The SMILES string of the molecule is CC(C)(C)c1ccc(Nc2cc3sc4ccc(C(C)(C)C)cc4c3cc2-c2c3c4c(c5cc(C(C)(C)C)ccc5n4-c4cc5c(cc4[B]3)-c3ccccc3C5(C)C)c3c2oc2ccccc23)cc1. The number of fused-ring (bicyclic) bond motifs is 15. The van der Waals surface area contributed by atoms with E-state index >= 15 is 0 Å². The summed E-state index contributed by atoms with van der Waals surface area (Å²) in [5.41, 5.74) is 21.5. The average molecular weight is 900 g/mol. The van der Waals surface area contributed by atoms with Crippen molar-refractivity contribution in [1.29, 1.82) is 0 Å². The molecule has 3 nitrogen and oxygen atoms in total. The highest BCUT2D eigenvalue weighted by Gasteiger charge is 2.39. The van der Waals surface area contributed by atoms with E-state index in [0.717, 1.165) is 39.1 Å². The second-order valence-corrected chi connectivity index (χ2v) is 24.4. The Balaban J connectivity index is 1.19. The molecule has 0 bridgehead atoms. The van der Waals surface area contributed by atoms with E-state index in [4.69, 9.17) is 4.42 Å². The molecule has 8 aromatic carbocycles. The number of para-hydroxylation sites is 1. The summed E-state index contributed by atoms with van der Waals surface area (Å²) in [6, 6.07) is 50.9. The number of benzene rings is 8. The van der Waals surface area contributed by atoms with E-state index in [-0.39, 0.29) is 21.7 Å². The van der Waals surface area contributed by atoms with Crippen LogP contribution in [0.15, 0.2) is 138 Å². The summed E-state index contributed by atoms with van der Waals surface area (Å²) < 4.78 is 12.5. The van der Waals surface area contributed by atoms with Crippen LogP contribution in [-0.4, -0.2) is 11.8 Å². The quantitative estimate of drug-likeness (QED) is 0.179. The van der Waals surface area contributed by atoms with Gasteiger partial charge in [-0.15, -0.1) is 11.3 Å². The van der Waals surface area contributed by atoms with Crippen LogP contribution in [0, 0.1) is 0 Å². The molecule has 333 valence electrons. The fourth-order valence-electron chi connectivity index (χ4n) is 11.7. The van der Waals surface area contributed by atoms with Crippen LogP contribution in [0.1, 0.15) is 104 Å². The number of furan rings is 1. The molecule has 0 saturated carbocycles. The van der Waals surface area contributed by atoms with Gasteiger partial charge < -0.3 is 14.3 Å². The third-order valence-electron chi connectivity index (χ3n) is 15.5. The number of rotatable bonds is 3. The monoisotopic (exact) mass is 899 g/mol. The minimum Gasteiger partial charge on any atom is -0.455 e. The van der Waals surface area contributed by atoms with Crippen LogP contribution in [0.4, 0.5) is 11.4 Å². The Morgan fingerprint density at radius 1 is 0.559 bits per heavy atom. The first-order valence-corrected chi connectivity index (χ1v) is 25.1. The number of hydrogen-bond donors (Lipinski definition) is 1. The second-order valence-electron chi connectivity index (χ2n) is 23.3. The lowest BCUT2D eigenvalue weighted by Crippen LogP contribution is -2.38. The Bertz CT molecular complexity index is 3990. The fraction of sp³-hybridized carbons (Fsp3) is 0.238. The zero-order chi connectivity index (χ0) is 47.0. The molecule has 0 unspecified atom stereocenters. The van der Waals surface area contributed by atoms with Gasteiger partial charge in [0.15, 0.2) is 7.28 Å². The van der Waals surface area contributed by atoms with Crippen molar-refractivity contribution in [3.05, 3.63) is 161 Å². The van der Waals surface area contributed by atoms with Crippen molar-refractivity contribution in [1.82, 2.24) is 4.57 Å². The first-order chi connectivity index (χ1) is 32.3. The average Bonchev–Trinajstić information content (AvgIpc) is 4.02. The standard InChI is InChI=1S/C63H56BN2OS/c1-60(2,3)34-20-24-37(25-21-34)65-48-33-53-42(41-28-36(62(7,8)9)23-27-52(41)68-53)30-43(48)56-57-58-54(55-39-17-13-15-19-51(39)67-59(55)56)44-29-35(61(4,5)6)22-26-49(44)66(58)50-32-46-40(31-47(50)64-57)38-16-12-14-18-45(38)63(46,10)11/h12-33,65H,1-11H3. The van der Waals surface area contributed by atoms with Crippen molar-refractivity contribution < 1.29 is 4.42 Å². The van der Waals surface area contributed by atoms with Crippen LogP contribution in [-0.2, 0) is 21.7 Å². The molecule has 11 aromatic rings. The van der Waals surface area contributed by atoms with Gasteiger partial charge in [-0.2, -0.15) is 0 Å². The molecule has 68 heavy (non-hydrogen) atoms. The van der Waals surface area contributed by atoms with Crippen LogP contribution in [0.5, 0.6) is 0 Å². The third kappa shape index (κ3) is 5.90. The molecular formula is C63H56BN2OS. The van der Waals surface area contributed by atoms with Gasteiger partial charge in [0.2, 0.25) is 0 Å². The number of aromatic nitrogens is 1. The molecule has 2 aliphatic rings. The van der Waals surface area contributed by atoms with Crippen LogP contribution in [0.25, 0.3) is 91.9 Å². The van der Waals surface area contributed by atoms with Gasteiger partial charge in [0, 0.05) is 80.8 Å². The maximum atomic E-state index is 7.35. The summed E-state index contributed by atoms with van der Waals surface area (Å²) in [5.74, 6) is 0. The molecule has 13 rings (SSSR count). The molecule has 1 N–H and O–H groups in total. The van der Waals surface area contributed by atoms with Crippen LogP contribution in [0.2, 0.25) is 0 Å². The number of nitrogens with one attached hydrogen (secondary N) is 1. The van der Waals surface area contributed by atoms with E-state index in [1.54, 1.807) is 0 Å². The molecule has 1 radical (unpaired) electrons. The summed E-state index contributed by atoms with van der Waals surface area (Å²) in [7, 11) is 2.49. The Morgan fingerprint density at radius 3 is 1.97 bits per heavy atom. The Hall–Kier alpha value is -6.56. The minimum absolute atomic E-state index is 0.0141. The molecule has 0 atom stereocenters. The van der Waals surface area contributed by atoms with Gasteiger partial charge in [-0.1, -0.05) is 154 Å². The summed E-state index contributed by atoms with van der Waals surface area (Å²) in [4.78, 5) is 0. The third-order valence-corrected chi connectivity index (χ3v) is 16.6. The lowest BCUT2D eigenvalue weighted by Gasteiger charge is -2.27. The van der Waals surface area contributed by atoms with Gasteiger partial charge in [0.1, 0.15) is 11.2 Å². The van der Waals surface area contributed by atoms with Gasteiger partial charge in [0.25, 0.3) is 0 Å². The second kappa shape index (κ2) is 13.8. The predicted molar refractivity (Wildman–Crippen MR) is 295 cm³/mol. The summed E-state index contributed by atoms with van der Waals surface area (Å²) in [6.07, 6.45) is 0. The zero-order valence-electron chi connectivity index (χ0n) is 41.0. The first-order valence-electron chi connectivity index (χ1n) is 24.3. The maximum Gasteiger partial charge on any atom is 0.198 e. The highest BCUT2D eigenvalue weighted by molar-refractivity contribution is 7.25. The number of hydrogen-bond acceptors (Lipinski definition) is 3. The number of anilines is 2. The van der Waals surface area contributed by atoms with E-state index in [2.05, 4.69) is 227 Å². The lowest BCUT2D eigenvalue weighted by atomic mass is 9.58. The van der Waals surface area contributed by atoms with Crippen molar-refractivity contribution in [2.75, 3.05) is 5.32 Å². The number of nitrogens with zero attached hydrogens (tertiary/aromatic N) is 1. The molecule has 0 fully saturated rings. The van der Waals surface area contributed by atoms with E-state index in [0.29, 0.717) is 0 Å². The first kappa shape index (κ1) is 41.6. The van der Waals surface area contributed by atoms with Crippen LogP contribution < -0.4 is 16.2 Å². The number of thiophene rings is 1. The molecule has 5 heteroatoms. The predicted octanol–water partition coefficient (Wildman–Crippen LogP) is 16.6. The van der Waals surface area contributed by atoms with Crippen molar-refractivity contribution in [3.63, 3.8) is 0 Å². The zero-order valence-corrected chi connectivity index (χ0v) is 41.9. The highest BCUT2D eigenvalue weighted by atomic mass is 32.1. The van der Waals surface area contributed by atoms with Crippen molar-refractivity contribution in [2.45, 2.75) is 97.8 Å². The topological polar surface area (TPSA) is 30.1 Å². The van der Waals surface area contributed by atoms with Crippen LogP contribution in [0.3, 0.4) is 0 Å². The van der Waals surface area contributed by atoms with E-state index in [1.165, 1.54) is 103 Å². The molecule has 0 saturated heterocycles. The van der Waals surface area contributed by atoms with Gasteiger partial charge in [-0.05, 0) is 121 Å². The molecule has 3 aromatic heterocycles. The maximum absolute atomic E-state index is 7.35. The highest BCUT2D eigenvalue weighted by Crippen LogP contribution is 2.52. The molecule has 1 aliphatic heterocycles. The molecule has 0 spiro atoms. The molecule has 0 amide bonds. The molecule has 1 aliphatic carbocycles. The Labute approximate surface area is 404 Å². The summed E-state index contributed by atoms with van der Waals surface area (Å²) in [6.45, 7) is 25.5. The fourth-order valence-corrected chi connectivity index (χ4v) is 12.8. The van der Waals surface area contributed by atoms with Gasteiger partial charge in [0.05, 0.1) is 5.52 Å². The van der Waals surface area contributed by atoms with Gasteiger partial charge in [-0.3, -0.25) is 0 Å². The van der Waals surface area contributed by atoms with Gasteiger partial charge >= 0.3 is 0 Å². The largest absolute Gasteiger partial charge is 0.455 e. The van der Waals surface area contributed by atoms with Crippen LogP contribution >= 0.6 is 11.3 Å². The molecular weight excluding hydrogens is 844 g/mol. The lowest BCUT2D eigenvalue weighted by molar-refractivity contribution is 0.590. The van der Waals surface area contributed by atoms with E-state index < -0.39 is 0 Å². The van der Waals surface area contributed by atoms with Gasteiger partial charge in [-0.25, -0.2) is 0 Å². The smallest absolute Gasteiger partial charge is 0.198 e. The Morgan fingerprint density at radius 2 is 1.22 bits per heavy atom. The summed E-state index contributed by atoms with van der Waals surface area (Å²) in [5, 5.41) is 11.4. The van der Waals surface area contributed by atoms with Crippen molar-refractivity contribution in [3.8, 4) is 27.9 Å². The normalized spacial score (nSPS) is 14.3. The Kier molecular flexibility index (Phi) is 8.44. The van der Waals surface area contributed by atoms with Crippen molar-refractivity contribution >= 4 is 105 Å². The summed E-state index contributed by atoms with van der Waals surface area (Å²) >= 11 is 1.88. The van der Waals surface area contributed by atoms with E-state index in [1.807, 2.05) is 11.3 Å².